The molecule has 0 fully saturated rings. The molecule has 0 amide bonds. The molecule has 1 heterocycles. The zero-order valence-electron chi connectivity index (χ0n) is 11.9. The predicted octanol–water partition coefficient (Wildman–Crippen LogP) is 3.55. The molecule has 0 aliphatic rings. The third-order valence-corrected chi connectivity index (χ3v) is 3.51. The molecule has 1 N–H and O–H groups in total. The second kappa shape index (κ2) is 5.49. The van der Waals surface area contributed by atoms with E-state index in [1.807, 2.05) is 45.0 Å². The number of ether oxygens (including phenoxy) is 1. The van der Waals surface area contributed by atoms with E-state index in [2.05, 4.69) is 0 Å². The summed E-state index contributed by atoms with van der Waals surface area (Å²) in [5.74, 6) is 2.15. The molecule has 0 spiro atoms. The Labute approximate surface area is 113 Å². The number of furan rings is 1. The molecule has 102 valence electrons. The van der Waals surface area contributed by atoms with Crippen molar-refractivity contribution in [2.24, 2.45) is 0 Å². The quantitative estimate of drug-likeness (QED) is 0.914. The lowest BCUT2D eigenvalue weighted by Crippen LogP contribution is -2.03. The van der Waals surface area contributed by atoms with Gasteiger partial charge in [-0.15, -0.1) is 0 Å². The van der Waals surface area contributed by atoms with E-state index in [9.17, 15) is 5.11 Å². The Hall–Kier alpha value is -1.74. The second-order valence-corrected chi connectivity index (χ2v) is 4.69. The molecule has 1 aromatic heterocycles. The van der Waals surface area contributed by atoms with Gasteiger partial charge in [0, 0.05) is 12.0 Å². The van der Waals surface area contributed by atoms with Crippen LogP contribution in [0.25, 0.3) is 0 Å². The van der Waals surface area contributed by atoms with Crippen LogP contribution in [0.15, 0.2) is 28.7 Å². The molecule has 1 unspecified atom stereocenters. The molecule has 0 aliphatic heterocycles. The first kappa shape index (κ1) is 13.7. The highest BCUT2D eigenvalue weighted by molar-refractivity contribution is 5.47. The average Bonchev–Trinajstić information content (AvgIpc) is 2.89. The molecule has 2 rings (SSSR count). The summed E-state index contributed by atoms with van der Waals surface area (Å²) in [6.07, 6.45) is 0.0195. The van der Waals surface area contributed by atoms with Crippen LogP contribution in [0.3, 0.4) is 0 Å². The van der Waals surface area contributed by atoms with Gasteiger partial charge in [0.1, 0.15) is 23.4 Å². The summed E-state index contributed by atoms with van der Waals surface area (Å²) >= 11 is 0. The van der Waals surface area contributed by atoms with Crippen LogP contribution in [0.5, 0.6) is 5.75 Å². The first-order chi connectivity index (χ1) is 9.08. The van der Waals surface area contributed by atoms with Crippen LogP contribution in [0.2, 0.25) is 0 Å². The molecule has 0 aliphatic carbocycles. The molecular weight excluding hydrogens is 240 g/mol. The number of hydrogen-bond acceptors (Lipinski definition) is 3. The van der Waals surface area contributed by atoms with Crippen molar-refractivity contribution in [3.05, 3.63) is 52.5 Å². The number of aliphatic hydroxyl groups excluding tert-OH is 1. The summed E-state index contributed by atoms with van der Waals surface area (Å²) < 4.78 is 11.0. The fourth-order valence-corrected chi connectivity index (χ4v) is 2.18. The van der Waals surface area contributed by atoms with E-state index in [4.69, 9.17) is 9.15 Å². The molecule has 0 saturated heterocycles. The summed E-state index contributed by atoms with van der Waals surface area (Å²) in [7, 11) is 1.62. The molecule has 0 saturated carbocycles. The molecule has 3 heteroatoms. The van der Waals surface area contributed by atoms with Crippen LogP contribution in [0.1, 0.15) is 41.2 Å². The molecule has 1 atom stereocenters. The van der Waals surface area contributed by atoms with Crippen molar-refractivity contribution in [2.45, 2.75) is 33.3 Å². The maximum atomic E-state index is 10.5. The lowest BCUT2D eigenvalue weighted by Gasteiger charge is -2.16. The first-order valence-corrected chi connectivity index (χ1v) is 6.49. The van der Waals surface area contributed by atoms with Gasteiger partial charge < -0.3 is 14.3 Å². The van der Waals surface area contributed by atoms with E-state index in [1.165, 1.54) is 0 Å². The van der Waals surface area contributed by atoms with Crippen LogP contribution in [-0.2, 0) is 6.42 Å². The van der Waals surface area contributed by atoms with Crippen molar-refractivity contribution in [1.82, 2.24) is 0 Å². The predicted molar refractivity (Wildman–Crippen MR) is 74.6 cm³/mol. The average molecular weight is 260 g/mol. The van der Waals surface area contributed by atoms with Gasteiger partial charge in [-0.3, -0.25) is 0 Å². The lowest BCUT2D eigenvalue weighted by atomic mass is 9.99. The first-order valence-electron chi connectivity index (χ1n) is 6.49. The lowest BCUT2D eigenvalue weighted by molar-refractivity contribution is 0.182. The van der Waals surface area contributed by atoms with E-state index in [1.54, 1.807) is 7.11 Å². The second-order valence-electron chi connectivity index (χ2n) is 4.69. The minimum atomic E-state index is -0.797. The van der Waals surface area contributed by atoms with Crippen LogP contribution in [-0.4, -0.2) is 12.2 Å². The normalized spacial score (nSPS) is 12.5. The van der Waals surface area contributed by atoms with Gasteiger partial charge in [-0.05, 0) is 37.1 Å². The van der Waals surface area contributed by atoms with E-state index >= 15 is 0 Å². The van der Waals surface area contributed by atoms with E-state index in [-0.39, 0.29) is 0 Å². The molecule has 0 radical (unpaired) electrons. The van der Waals surface area contributed by atoms with Crippen molar-refractivity contribution in [2.75, 3.05) is 7.11 Å². The molecular formula is C16H20O3. The van der Waals surface area contributed by atoms with E-state index < -0.39 is 6.10 Å². The fourth-order valence-electron chi connectivity index (χ4n) is 2.18. The van der Waals surface area contributed by atoms with Gasteiger partial charge in [0.2, 0.25) is 0 Å². The van der Waals surface area contributed by atoms with Crippen LogP contribution >= 0.6 is 0 Å². The maximum absolute atomic E-state index is 10.5. The van der Waals surface area contributed by atoms with Crippen LogP contribution in [0, 0.1) is 13.8 Å². The highest BCUT2D eigenvalue weighted by Gasteiger charge is 2.20. The number of rotatable bonds is 4. The molecule has 19 heavy (non-hydrogen) atoms. The highest BCUT2D eigenvalue weighted by Crippen LogP contribution is 2.34. The summed E-state index contributed by atoms with van der Waals surface area (Å²) in [5, 5.41) is 10.5. The number of methoxy groups -OCH3 is 1. The topological polar surface area (TPSA) is 42.6 Å². The summed E-state index contributed by atoms with van der Waals surface area (Å²) in [4.78, 5) is 0. The smallest absolute Gasteiger partial charge is 0.140 e. The van der Waals surface area contributed by atoms with Crippen molar-refractivity contribution in [1.29, 1.82) is 0 Å². The van der Waals surface area contributed by atoms with Gasteiger partial charge in [0.15, 0.2) is 0 Å². The summed E-state index contributed by atoms with van der Waals surface area (Å²) in [6, 6.07) is 7.59. The summed E-state index contributed by atoms with van der Waals surface area (Å²) in [6.45, 7) is 6.03. The maximum Gasteiger partial charge on any atom is 0.140 e. The Bertz CT molecular complexity index is 569. The van der Waals surface area contributed by atoms with Crippen LogP contribution < -0.4 is 4.74 Å². The van der Waals surface area contributed by atoms with Crippen molar-refractivity contribution in [3.63, 3.8) is 0 Å². The highest BCUT2D eigenvalue weighted by atomic mass is 16.5. The van der Waals surface area contributed by atoms with Crippen molar-refractivity contribution in [3.8, 4) is 5.75 Å². The number of aryl methyl sites for hydroxylation is 2. The van der Waals surface area contributed by atoms with Gasteiger partial charge in [-0.25, -0.2) is 0 Å². The third-order valence-electron chi connectivity index (χ3n) is 3.51. The molecule has 3 nitrogen and oxygen atoms in total. The Morgan fingerprint density at radius 1 is 1.21 bits per heavy atom. The standard InChI is InChI=1S/C16H20O3/c1-5-12-7-9-14(19-12)15(17)13-8-6-10(2)11(3)16(13)18-4/h6-9,15,17H,5H2,1-4H3. The minimum Gasteiger partial charge on any atom is -0.496 e. The van der Waals surface area contributed by atoms with Gasteiger partial charge >= 0.3 is 0 Å². The Morgan fingerprint density at radius 2 is 1.95 bits per heavy atom. The SMILES string of the molecule is CCc1ccc(C(O)c2ccc(C)c(C)c2OC)o1. The van der Waals surface area contributed by atoms with Crippen molar-refractivity contribution < 1.29 is 14.3 Å². The zero-order chi connectivity index (χ0) is 14.0. The van der Waals surface area contributed by atoms with Gasteiger partial charge in [0.05, 0.1) is 7.11 Å². The Balaban J connectivity index is 2.43. The number of hydrogen-bond donors (Lipinski definition) is 1. The Morgan fingerprint density at radius 3 is 2.53 bits per heavy atom. The minimum absolute atomic E-state index is 0.554. The van der Waals surface area contributed by atoms with Gasteiger partial charge in [0.25, 0.3) is 0 Å². The van der Waals surface area contributed by atoms with Crippen LogP contribution in [0.4, 0.5) is 0 Å². The van der Waals surface area contributed by atoms with Gasteiger partial charge in [-0.1, -0.05) is 19.1 Å². The monoisotopic (exact) mass is 260 g/mol. The molecule has 2 aromatic rings. The van der Waals surface area contributed by atoms with Gasteiger partial charge in [-0.2, -0.15) is 0 Å². The largest absolute Gasteiger partial charge is 0.496 e. The summed E-state index contributed by atoms with van der Waals surface area (Å²) in [5.41, 5.74) is 2.92. The van der Waals surface area contributed by atoms with E-state index in [0.29, 0.717) is 5.76 Å². The zero-order valence-corrected chi connectivity index (χ0v) is 11.9. The molecule has 1 aromatic carbocycles. The number of benzene rings is 1. The Kier molecular flexibility index (Phi) is 3.96. The molecule has 0 bridgehead atoms. The fraction of sp³-hybridized carbons (Fsp3) is 0.375. The van der Waals surface area contributed by atoms with Crippen molar-refractivity contribution >= 4 is 0 Å². The number of aliphatic hydroxyl groups is 1. The third kappa shape index (κ3) is 2.51. The van der Waals surface area contributed by atoms with E-state index in [0.717, 1.165) is 34.6 Å².